The van der Waals surface area contributed by atoms with Crippen molar-refractivity contribution in [2.75, 3.05) is 12.4 Å². The first-order valence-corrected chi connectivity index (χ1v) is 9.84. The second-order valence-electron chi connectivity index (χ2n) is 6.58. The summed E-state index contributed by atoms with van der Waals surface area (Å²) in [5, 5.41) is 5.16. The summed E-state index contributed by atoms with van der Waals surface area (Å²) in [6.45, 7) is 3.97. The molecular weight excluding hydrogens is 372 g/mol. The molecule has 5 nitrogen and oxygen atoms in total. The third kappa shape index (κ3) is 4.84. The summed E-state index contributed by atoms with van der Waals surface area (Å²) in [5.41, 5.74) is 4.45. The fourth-order valence-corrected chi connectivity index (χ4v) is 3.50. The molecule has 0 saturated carbocycles. The van der Waals surface area contributed by atoms with Crippen molar-refractivity contribution in [3.05, 3.63) is 64.5 Å². The predicted molar refractivity (Wildman–Crippen MR) is 112 cm³/mol. The van der Waals surface area contributed by atoms with Gasteiger partial charge in [-0.15, -0.1) is 11.3 Å². The number of amides is 1. The normalized spacial score (nSPS) is 10.5. The molecule has 1 aromatic heterocycles. The van der Waals surface area contributed by atoms with E-state index >= 15 is 0 Å². The zero-order chi connectivity index (χ0) is 20.1. The minimum atomic E-state index is -0.224. The van der Waals surface area contributed by atoms with Crippen molar-refractivity contribution in [2.45, 2.75) is 26.7 Å². The monoisotopic (exact) mass is 394 g/mol. The van der Waals surface area contributed by atoms with E-state index < -0.39 is 0 Å². The molecule has 1 amide bonds. The molecule has 0 spiro atoms. The number of nitrogens with one attached hydrogen (secondary N) is 1. The Hall–Kier alpha value is -2.99. The molecule has 0 fully saturated rings. The van der Waals surface area contributed by atoms with E-state index in [4.69, 9.17) is 4.74 Å². The van der Waals surface area contributed by atoms with Gasteiger partial charge in [-0.2, -0.15) is 0 Å². The maximum Gasteiger partial charge on any atom is 0.226 e. The van der Waals surface area contributed by atoms with Crippen molar-refractivity contribution in [3.8, 4) is 17.0 Å². The van der Waals surface area contributed by atoms with Crippen molar-refractivity contribution in [2.24, 2.45) is 0 Å². The molecule has 0 radical (unpaired) electrons. The Morgan fingerprint density at radius 3 is 2.46 bits per heavy atom. The van der Waals surface area contributed by atoms with Gasteiger partial charge in [-0.3, -0.25) is 9.59 Å². The molecule has 144 valence electrons. The van der Waals surface area contributed by atoms with Crippen molar-refractivity contribution >= 4 is 28.2 Å². The standard InChI is InChI=1S/C22H22N2O3S/c1-14-4-7-16(8-5-14)19(25)9-11-21(26)24-22-23-18(13-28-22)17-12-15(2)6-10-20(17)27-3/h4-8,10,12-13H,9,11H2,1-3H3,(H,23,24,26). The van der Waals surface area contributed by atoms with Crippen LogP contribution in [-0.4, -0.2) is 23.8 Å². The van der Waals surface area contributed by atoms with Crippen LogP contribution >= 0.6 is 11.3 Å². The van der Waals surface area contributed by atoms with Crippen LogP contribution in [0.1, 0.15) is 34.3 Å². The Morgan fingerprint density at radius 2 is 1.75 bits per heavy atom. The number of aryl methyl sites for hydroxylation is 2. The number of ether oxygens (including phenoxy) is 1. The minimum absolute atomic E-state index is 0.0422. The Balaban J connectivity index is 1.60. The maximum atomic E-state index is 12.2. The van der Waals surface area contributed by atoms with Gasteiger partial charge < -0.3 is 10.1 Å². The zero-order valence-electron chi connectivity index (χ0n) is 16.1. The van der Waals surface area contributed by atoms with Gasteiger partial charge in [0.1, 0.15) is 5.75 Å². The molecule has 6 heteroatoms. The first-order valence-electron chi connectivity index (χ1n) is 8.96. The second kappa shape index (κ2) is 8.80. The highest BCUT2D eigenvalue weighted by atomic mass is 32.1. The fraction of sp³-hybridized carbons (Fsp3) is 0.227. The molecule has 3 aromatic rings. The number of Topliss-reactive ketones (excluding diaryl/α,β-unsaturated/α-hetero) is 1. The quantitative estimate of drug-likeness (QED) is 0.570. The van der Waals surface area contributed by atoms with E-state index in [1.165, 1.54) is 11.3 Å². The van der Waals surface area contributed by atoms with Gasteiger partial charge in [-0.1, -0.05) is 41.5 Å². The molecule has 0 aliphatic carbocycles. The van der Waals surface area contributed by atoms with Gasteiger partial charge in [-0.05, 0) is 26.0 Å². The van der Waals surface area contributed by atoms with Crippen molar-refractivity contribution in [1.82, 2.24) is 4.98 Å². The number of aromatic nitrogens is 1. The van der Waals surface area contributed by atoms with E-state index in [-0.39, 0.29) is 24.5 Å². The van der Waals surface area contributed by atoms with Crippen LogP contribution in [0.2, 0.25) is 0 Å². The molecule has 0 atom stereocenters. The summed E-state index contributed by atoms with van der Waals surface area (Å²) < 4.78 is 5.40. The lowest BCUT2D eigenvalue weighted by atomic mass is 10.1. The lowest BCUT2D eigenvalue weighted by Gasteiger charge is -2.07. The maximum absolute atomic E-state index is 12.2. The van der Waals surface area contributed by atoms with E-state index in [1.807, 2.05) is 49.6 Å². The first kappa shape index (κ1) is 19.8. The number of hydrogen-bond donors (Lipinski definition) is 1. The highest BCUT2D eigenvalue weighted by Crippen LogP contribution is 2.33. The molecule has 2 aromatic carbocycles. The van der Waals surface area contributed by atoms with Gasteiger partial charge in [0.15, 0.2) is 10.9 Å². The van der Waals surface area contributed by atoms with Crippen LogP contribution in [0.4, 0.5) is 5.13 Å². The van der Waals surface area contributed by atoms with Crippen molar-refractivity contribution in [3.63, 3.8) is 0 Å². The number of anilines is 1. The van der Waals surface area contributed by atoms with E-state index in [2.05, 4.69) is 10.3 Å². The van der Waals surface area contributed by atoms with Crippen LogP contribution in [0.5, 0.6) is 5.75 Å². The van der Waals surface area contributed by atoms with Crippen LogP contribution in [0, 0.1) is 13.8 Å². The van der Waals surface area contributed by atoms with Crippen LogP contribution in [0.3, 0.4) is 0 Å². The Morgan fingerprint density at radius 1 is 1.04 bits per heavy atom. The SMILES string of the molecule is COc1ccc(C)cc1-c1csc(NC(=O)CCC(=O)c2ccc(C)cc2)n1. The largest absolute Gasteiger partial charge is 0.496 e. The Labute approximate surface area is 168 Å². The summed E-state index contributed by atoms with van der Waals surface area (Å²) >= 11 is 1.35. The number of nitrogens with zero attached hydrogens (tertiary/aromatic N) is 1. The summed E-state index contributed by atoms with van der Waals surface area (Å²) in [5.74, 6) is 0.467. The summed E-state index contributed by atoms with van der Waals surface area (Å²) in [7, 11) is 1.62. The molecule has 0 aliphatic heterocycles. The molecule has 0 unspecified atom stereocenters. The van der Waals surface area contributed by atoms with Gasteiger partial charge in [0, 0.05) is 29.3 Å². The smallest absolute Gasteiger partial charge is 0.226 e. The van der Waals surface area contributed by atoms with Gasteiger partial charge in [0.05, 0.1) is 12.8 Å². The van der Waals surface area contributed by atoms with E-state index in [9.17, 15) is 9.59 Å². The van der Waals surface area contributed by atoms with Crippen molar-refractivity contribution in [1.29, 1.82) is 0 Å². The number of methoxy groups -OCH3 is 1. The van der Waals surface area contributed by atoms with Crippen LogP contribution in [0.15, 0.2) is 47.8 Å². The molecule has 1 heterocycles. The number of hydrogen-bond acceptors (Lipinski definition) is 5. The third-order valence-electron chi connectivity index (χ3n) is 4.33. The molecule has 0 aliphatic rings. The highest BCUT2D eigenvalue weighted by Gasteiger charge is 2.13. The predicted octanol–water partition coefficient (Wildman–Crippen LogP) is 5.04. The average Bonchev–Trinajstić information content (AvgIpc) is 3.15. The van der Waals surface area contributed by atoms with Crippen LogP contribution in [-0.2, 0) is 4.79 Å². The number of rotatable bonds is 7. The third-order valence-corrected chi connectivity index (χ3v) is 5.09. The summed E-state index contributed by atoms with van der Waals surface area (Å²) in [4.78, 5) is 28.9. The molecule has 0 saturated heterocycles. The first-order chi connectivity index (χ1) is 13.5. The Bertz CT molecular complexity index is 993. The summed E-state index contributed by atoms with van der Waals surface area (Å²) in [6.07, 6.45) is 0.286. The highest BCUT2D eigenvalue weighted by molar-refractivity contribution is 7.14. The lowest BCUT2D eigenvalue weighted by Crippen LogP contribution is -2.13. The molecule has 28 heavy (non-hydrogen) atoms. The van der Waals surface area contributed by atoms with Crippen molar-refractivity contribution < 1.29 is 14.3 Å². The van der Waals surface area contributed by atoms with E-state index in [1.54, 1.807) is 19.2 Å². The summed E-state index contributed by atoms with van der Waals surface area (Å²) in [6, 6.07) is 13.2. The van der Waals surface area contributed by atoms with Gasteiger partial charge in [0.2, 0.25) is 5.91 Å². The topological polar surface area (TPSA) is 68.3 Å². The molecule has 3 rings (SSSR count). The zero-order valence-corrected chi connectivity index (χ0v) is 16.9. The number of carbonyl (C=O) groups excluding carboxylic acids is 2. The fourth-order valence-electron chi connectivity index (χ4n) is 2.77. The number of ketones is 1. The molecule has 1 N–H and O–H groups in total. The number of thiazole rings is 1. The number of benzene rings is 2. The van der Waals surface area contributed by atoms with Crippen LogP contribution < -0.4 is 10.1 Å². The average molecular weight is 394 g/mol. The van der Waals surface area contributed by atoms with E-state index in [0.717, 1.165) is 28.1 Å². The minimum Gasteiger partial charge on any atom is -0.496 e. The lowest BCUT2D eigenvalue weighted by molar-refractivity contribution is -0.116. The van der Waals surface area contributed by atoms with Crippen LogP contribution in [0.25, 0.3) is 11.3 Å². The molecule has 0 bridgehead atoms. The number of carbonyl (C=O) groups is 2. The Kier molecular flexibility index (Phi) is 6.21. The second-order valence-corrected chi connectivity index (χ2v) is 7.44. The van der Waals surface area contributed by atoms with E-state index in [0.29, 0.717) is 10.7 Å². The molecular formula is C22H22N2O3S. The van der Waals surface area contributed by atoms with Gasteiger partial charge in [0.25, 0.3) is 0 Å². The van der Waals surface area contributed by atoms with Gasteiger partial charge in [-0.25, -0.2) is 4.98 Å². The van der Waals surface area contributed by atoms with Gasteiger partial charge >= 0.3 is 0 Å².